The number of carbonyl (C=O) groups is 1. The van der Waals surface area contributed by atoms with Gasteiger partial charge in [0, 0.05) is 5.69 Å². The predicted molar refractivity (Wildman–Crippen MR) is 96.7 cm³/mol. The van der Waals surface area contributed by atoms with Crippen LogP contribution in [0.5, 0.6) is 0 Å². The zero-order chi connectivity index (χ0) is 16.1. The molecule has 3 rings (SSSR count). The quantitative estimate of drug-likeness (QED) is 0.687. The Hall–Kier alpha value is -2.20. The van der Waals surface area contributed by atoms with E-state index in [2.05, 4.69) is 11.4 Å². The molecule has 23 heavy (non-hydrogen) atoms. The van der Waals surface area contributed by atoms with Crippen molar-refractivity contribution in [3.63, 3.8) is 0 Å². The van der Waals surface area contributed by atoms with Gasteiger partial charge in [-0.05, 0) is 41.5 Å². The lowest BCUT2D eigenvalue weighted by Crippen LogP contribution is -2.24. The van der Waals surface area contributed by atoms with Crippen molar-refractivity contribution >= 4 is 34.1 Å². The SMILES string of the molecule is CCC(SCc1ccco1)C(=O)Nc1ccc2ccccc2c1. The Labute approximate surface area is 140 Å². The van der Waals surface area contributed by atoms with Crippen molar-refractivity contribution in [1.82, 2.24) is 0 Å². The van der Waals surface area contributed by atoms with Crippen LogP contribution in [-0.2, 0) is 10.5 Å². The average Bonchev–Trinajstić information content (AvgIpc) is 3.09. The van der Waals surface area contributed by atoms with Crippen LogP contribution in [0.1, 0.15) is 19.1 Å². The summed E-state index contributed by atoms with van der Waals surface area (Å²) in [6.07, 6.45) is 2.44. The molecule has 0 aliphatic rings. The summed E-state index contributed by atoms with van der Waals surface area (Å²) in [6, 6.07) is 17.9. The first-order valence-electron chi connectivity index (χ1n) is 7.70. The molecule has 0 radical (unpaired) electrons. The molecule has 1 N–H and O–H groups in total. The summed E-state index contributed by atoms with van der Waals surface area (Å²) in [4.78, 5) is 12.5. The molecule has 1 atom stereocenters. The number of amides is 1. The van der Waals surface area contributed by atoms with Crippen LogP contribution < -0.4 is 5.32 Å². The average molecular weight is 325 g/mol. The molecule has 0 saturated heterocycles. The molecule has 0 aliphatic heterocycles. The van der Waals surface area contributed by atoms with E-state index in [4.69, 9.17) is 4.42 Å². The predicted octanol–water partition coefficient (Wildman–Crippen LogP) is 5.08. The van der Waals surface area contributed by atoms with Crippen molar-refractivity contribution in [2.45, 2.75) is 24.3 Å². The van der Waals surface area contributed by atoms with Gasteiger partial charge in [-0.3, -0.25) is 4.79 Å². The first kappa shape index (κ1) is 15.7. The highest BCUT2D eigenvalue weighted by Crippen LogP contribution is 2.23. The summed E-state index contributed by atoms with van der Waals surface area (Å²) in [5, 5.41) is 5.23. The van der Waals surface area contributed by atoms with Gasteiger partial charge >= 0.3 is 0 Å². The number of benzene rings is 2. The highest BCUT2D eigenvalue weighted by atomic mass is 32.2. The van der Waals surface area contributed by atoms with E-state index in [0.29, 0.717) is 5.75 Å². The molecule has 0 bridgehead atoms. The fraction of sp³-hybridized carbons (Fsp3) is 0.211. The Morgan fingerprint density at radius 3 is 2.70 bits per heavy atom. The van der Waals surface area contributed by atoms with E-state index in [1.807, 2.05) is 55.5 Å². The van der Waals surface area contributed by atoms with Crippen molar-refractivity contribution < 1.29 is 9.21 Å². The highest BCUT2D eigenvalue weighted by Gasteiger charge is 2.17. The molecule has 0 fully saturated rings. The summed E-state index contributed by atoms with van der Waals surface area (Å²) in [5.41, 5.74) is 0.839. The second-order valence-electron chi connectivity index (χ2n) is 5.34. The zero-order valence-electron chi connectivity index (χ0n) is 13.0. The van der Waals surface area contributed by atoms with Gasteiger partial charge in [0.15, 0.2) is 0 Å². The normalized spacial score (nSPS) is 12.2. The van der Waals surface area contributed by atoms with Gasteiger partial charge in [0.25, 0.3) is 0 Å². The molecule has 1 unspecified atom stereocenters. The second kappa shape index (κ2) is 7.38. The molecule has 0 aliphatic carbocycles. The number of anilines is 1. The fourth-order valence-corrected chi connectivity index (χ4v) is 3.42. The molecule has 1 heterocycles. The first-order valence-corrected chi connectivity index (χ1v) is 8.75. The van der Waals surface area contributed by atoms with Crippen molar-refractivity contribution in [2.24, 2.45) is 0 Å². The Bertz CT molecular complexity index is 783. The van der Waals surface area contributed by atoms with Gasteiger partial charge in [-0.15, -0.1) is 11.8 Å². The number of hydrogen-bond donors (Lipinski definition) is 1. The standard InChI is InChI=1S/C19H19NO2S/c1-2-18(23-13-17-8-5-11-22-17)19(21)20-16-10-9-14-6-3-4-7-15(14)12-16/h3-12,18H,2,13H2,1H3,(H,20,21). The second-order valence-corrected chi connectivity index (χ2v) is 6.53. The molecule has 1 amide bonds. The zero-order valence-corrected chi connectivity index (χ0v) is 13.8. The minimum atomic E-state index is -0.0911. The topological polar surface area (TPSA) is 42.2 Å². The largest absolute Gasteiger partial charge is 0.468 e. The van der Waals surface area contributed by atoms with Crippen LogP contribution in [0.2, 0.25) is 0 Å². The van der Waals surface area contributed by atoms with E-state index in [1.165, 1.54) is 5.39 Å². The van der Waals surface area contributed by atoms with Crippen LogP contribution in [0.3, 0.4) is 0 Å². The van der Waals surface area contributed by atoms with Gasteiger partial charge < -0.3 is 9.73 Å². The fourth-order valence-electron chi connectivity index (χ4n) is 2.45. The Balaban J connectivity index is 1.65. The summed E-state index contributed by atoms with van der Waals surface area (Å²) < 4.78 is 5.32. The van der Waals surface area contributed by atoms with Crippen molar-refractivity contribution in [3.05, 3.63) is 66.6 Å². The monoisotopic (exact) mass is 325 g/mol. The number of nitrogens with one attached hydrogen (secondary N) is 1. The van der Waals surface area contributed by atoms with Gasteiger partial charge in [0.1, 0.15) is 5.76 Å². The Kier molecular flexibility index (Phi) is 5.03. The van der Waals surface area contributed by atoms with E-state index in [9.17, 15) is 4.79 Å². The van der Waals surface area contributed by atoms with Crippen molar-refractivity contribution in [2.75, 3.05) is 5.32 Å². The summed E-state index contributed by atoms with van der Waals surface area (Å²) in [6.45, 7) is 2.03. The van der Waals surface area contributed by atoms with Crippen molar-refractivity contribution in [1.29, 1.82) is 0 Å². The third-order valence-electron chi connectivity index (χ3n) is 3.69. The lowest BCUT2D eigenvalue weighted by atomic mass is 10.1. The maximum absolute atomic E-state index is 12.5. The molecule has 1 aromatic heterocycles. The molecular formula is C19H19NO2S. The maximum atomic E-state index is 12.5. The van der Waals surface area contributed by atoms with Crippen LogP contribution in [0, 0.1) is 0 Å². The molecule has 3 aromatic rings. The van der Waals surface area contributed by atoms with Gasteiger partial charge in [0.05, 0.1) is 17.3 Å². The third kappa shape index (κ3) is 3.96. The number of thioether (sulfide) groups is 1. The number of rotatable bonds is 6. The number of furan rings is 1. The van der Waals surface area contributed by atoms with Gasteiger partial charge in [-0.25, -0.2) is 0 Å². The minimum absolute atomic E-state index is 0.0411. The molecule has 0 saturated carbocycles. The molecule has 3 nitrogen and oxygen atoms in total. The van der Waals surface area contributed by atoms with Crippen molar-refractivity contribution in [3.8, 4) is 0 Å². The number of carbonyl (C=O) groups excluding carboxylic acids is 1. The van der Waals surface area contributed by atoms with Crippen LogP contribution in [0.4, 0.5) is 5.69 Å². The molecule has 118 valence electrons. The van der Waals surface area contributed by atoms with E-state index in [-0.39, 0.29) is 11.2 Å². The smallest absolute Gasteiger partial charge is 0.237 e. The summed E-state index contributed by atoms with van der Waals surface area (Å²) >= 11 is 1.60. The van der Waals surface area contributed by atoms with E-state index < -0.39 is 0 Å². The van der Waals surface area contributed by atoms with E-state index in [0.717, 1.165) is 23.3 Å². The summed E-state index contributed by atoms with van der Waals surface area (Å²) in [5.74, 6) is 1.64. The first-order chi connectivity index (χ1) is 11.3. The molecule has 0 spiro atoms. The number of hydrogen-bond acceptors (Lipinski definition) is 3. The van der Waals surface area contributed by atoms with Crippen LogP contribution in [0.15, 0.2) is 65.3 Å². The van der Waals surface area contributed by atoms with Crippen LogP contribution in [0.25, 0.3) is 10.8 Å². The van der Waals surface area contributed by atoms with Gasteiger partial charge in [-0.2, -0.15) is 0 Å². The van der Waals surface area contributed by atoms with Crippen LogP contribution >= 0.6 is 11.8 Å². The third-order valence-corrected chi connectivity index (χ3v) is 5.09. The van der Waals surface area contributed by atoms with Gasteiger partial charge in [0.2, 0.25) is 5.91 Å². The Morgan fingerprint density at radius 1 is 1.13 bits per heavy atom. The van der Waals surface area contributed by atoms with E-state index in [1.54, 1.807) is 18.0 Å². The maximum Gasteiger partial charge on any atom is 0.237 e. The lowest BCUT2D eigenvalue weighted by molar-refractivity contribution is -0.115. The molecule has 2 aromatic carbocycles. The number of fused-ring (bicyclic) bond motifs is 1. The summed E-state index contributed by atoms with van der Waals surface area (Å²) in [7, 11) is 0. The lowest BCUT2D eigenvalue weighted by Gasteiger charge is -2.14. The van der Waals surface area contributed by atoms with Crippen LogP contribution in [-0.4, -0.2) is 11.2 Å². The minimum Gasteiger partial charge on any atom is -0.468 e. The van der Waals surface area contributed by atoms with E-state index >= 15 is 0 Å². The van der Waals surface area contributed by atoms with Gasteiger partial charge in [-0.1, -0.05) is 37.3 Å². The molecule has 4 heteroatoms. The Morgan fingerprint density at radius 2 is 1.96 bits per heavy atom. The highest BCUT2D eigenvalue weighted by molar-refractivity contribution is 7.99. The molecular weight excluding hydrogens is 306 g/mol.